The number of hydrogen-bond donors (Lipinski definition) is 1. The van der Waals surface area contributed by atoms with Gasteiger partial charge in [-0.15, -0.1) is 0 Å². The minimum atomic E-state index is 0.750. The molecular weight excluding hydrogens is 134 g/mol. The first-order chi connectivity index (χ1) is 5.20. The first-order valence-electron chi connectivity index (χ1n) is 3.94. The largest absolute Gasteiger partial charge is 0.331 e. The Morgan fingerprint density at radius 2 is 1.18 bits per heavy atom. The standard InChI is InChI=1S/C8H10.C2H7N/c1-7-3-5-8(2)6-4-7;1-2-3/h3-6H,1-2H3;2-3H2,1H3. The fourth-order valence-corrected chi connectivity index (χ4v) is 0.637. The third kappa shape index (κ3) is 5.62. The fourth-order valence-electron chi connectivity index (χ4n) is 0.637. The summed E-state index contributed by atoms with van der Waals surface area (Å²) in [4.78, 5) is 0. The van der Waals surface area contributed by atoms with Crippen molar-refractivity contribution in [3.05, 3.63) is 35.4 Å². The lowest BCUT2D eigenvalue weighted by Crippen LogP contribution is -1.87. The van der Waals surface area contributed by atoms with E-state index in [2.05, 4.69) is 38.1 Å². The smallest absolute Gasteiger partial charge is 0.0106 e. The van der Waals surface area contributed by atoms with E-state index in [1.54, 1.807) is 0 Å². The lowest BCUT2D eigenvalue weighted by Gasteiger charge is -1.90. The summed E-state index contributed by atoms with van der Waals surface area (Å²) in [6.45, 7) is 6.85. The van der Waals surface area contributed by atoms with E-state index in [1.165, 1.54) is 11.1 Å². The molecule has 0 saturated heterocycles. The second kappa shape index (κ2) is 5.93. The molecule has 0 aliphatic rings. The highest BCUT2D eigenvalue weighted by atomic mass is 14.5. The van der Waals surface area contributed by atoms with E-state index in [4.69, 9.17) is 5.73 Å². The molecule has 0 saturated carbocycles. The predicted octanol–water partition coefficient (Wildman–Crippen LogP) is 2.27. The summed E-state index contributed by atoms with van der Waals surface area (Å²) in [7, 11) is 0. The van der Waals surface area contributed by atoms with Crippen molar-refractivity contribution in [3.63, 3.8) is 0 Å². The van der Waals surface area contributed by atoms with E-state index in [-0.39, 0.29) is 0 Å². The maximum Gasteiger partial charge on any atom is -0.0106 e. The molecule has 62 valence electrons. The summed E-state index contributed by atoms with van der Waals surface area (Å²) in [5, 5.41) is 0. The molecule has 0 heterocycles. The van der Waals surface area contributed by atoms with E-state index < -0.39 is 0 Å². The Labute approximate surface area is 69.2 Å². The maximum atomic E-state index is 4.85. The van der Waals surface area contributed by atoms with E-state index in [0.29, 0.717) is 0 Å². The minimum absolute atomic E-state index is 0.750. The summed E-state index contributed by atoms with van der Waals surface area (Å²) in [5.74, 6) is 0. The van der Waals surface area contributed by atoms with Gasteiger partial charge in [0.15, 0.2) is 0 Å². The third-order valence-electron chi connectivity index (χ3n) is 1.22. The summed E-state index contributed by atoms with van der Waals surface area (Å²) in [6, 6.07) is 8.48. The van der Waals surface area contributed by atoms with Gasteiger partial charge in [-0.3, -0.25) is 0 Å². The highest BCUT2D eigenvalue weighted by Crippen LogP contribution is 1.99. The first-order valence-corrected chi connectivity index (χ1v) is 3.94. The van der Waals surface area contributed by atoms with Gasteiger partial charge in [0.2, 0.25) is 0 Å². The zero-order valence-corrected chi connectivity index (χ0v) is 7.59. The van der Waals surface area contributed by atoms with Gasteiger partial charge in [-0.1, -0.05) is 42.3 Å². The van der Waals surface area contributed by atoms with Crippen LogP contribution in [-0.2, 0) is 0 Å². The van der Waals surface area contributed by atoms with Crippen molar-refractivity contribution in [2.75, 3.05) is 6.54 Å². The minimum Gasteiger partial charge on any atom is -0.331 e. The average molecular weight is 151 g/mol. The molecule has 0 amide bonds. The maximum absolute atomic E-state index is 4.85. The Morgan fingerprint density at radius 1 is 1.00 bits per heavy atom. The van der Waals surface area contributed by atoms with Crippen LogP contribution in [0.5, 0.6) is 0 Å². The van der Waals surface area contributed by atoms with Crippen LogP contribution in [0, 0.1) is 13.8 Å². The van der Waals surface area contributed by atoms with Gasteiger partial charge in [-0.2, -0.15) is 0 Å². The number of rotatable bonds is 0. The summed E-state index contributed by atoms with van der Waals surface area (Å²) in [5.41, 5.74) is 7.51. The van der Waals surface area contributed by atoms with Crippen molar-refractivity contribution in [3.8, 4) is 0 Å². The van der Waals surface area contributed by atoms with E-state index >= 15 is 0 Å². The highest BCUT2D eigenvalue weighted by Gasteiger charge is 1.79. The lowest BCUT2D eigenvalue weighted by atomic mass is 10.2. The first kappa shape index (κ1) is 10.2. The number of hydrogen-bond acceptors (Lipinski definition) is 1. The van der Waals surface area contributed by atoms with Gasteiger partial charge in [0.1, 0.15) is 0 Å². The molecule has 0 spiro atoms. The number of nitrogens with two attached hydrogens (primary N) is 1. The van der Waals surface area contributed by atoms with Crippen molar-refractivity contribution in [1.82, 2.24) is 0 Å². The molecule has 1 rings (SSSR count). The van der Waals surface area contributed by atoms with Crippen LogP contribution in [0.15, 0.2) is 24.3 Å². The molecule has 0 atom stereocenters. The number of aryl methyl sites for hydroxylation is 2. The van der Waals surface area contributed by atoms with E-state index in [0.717, 1.165) is 6.54 Å². The van der Waals surface area contributed by atoms with Crippen molar-refractivity contribution in [2.24, 2.45) is 5.73 Å². The van der Waals surface area contributed by atoms with Gasteiger partial charge in [-0.05, 0) is 20.4 Å². The quantitative estimate of drug-likeness (QED) is 0.604. The van der Waals surface area contributed by atoms with Gasteiger partial charge < -0.3 is 5.73 Å². The summed E-state index contributed by atoms with van der Waals surface area (Å²) >= 11 is 0. The van der Waals surface area contributed by atoms with Crippen molar-refractivity contribution < 1.29 is 0 Å². The second-order valence-electron chi connectivity index (χ2n) is 2.56. The second-order valence-corrected chi connectivity index (χ2v) is 2.56. The van der Waals surface area contributed by atoms with Crippen LogP contribution < -0.4 is 5.73 Å². The molecule has 0 fully saturated rings. The Kier molecular flexibility index (Phi) is 5.49. The monoisotopic (exact) mass is 151 g/mol. The Morgan fingerprint density at radius 3 is 1.36 bits per heavy atom. The fraction of sp³-hybridized carbons (Fsp3) is 0.400. The Bertz CT molecular complexity index is 156. The third-order valence-corrected chi connectivity index (χ3v) is 1.22. The van der Waals surface area contributed by atoms with E-state index in [9.17, 15) is 0 Å². The predicted molar refractivity (Wildman–Crippen MR) is 50.6 cm³/mol. The summed E-state index contributed by atoms with van der Waals surface area (Å²) < 4.78 is 0. The van der Waals surface area contributed by atoms with Crippen LogP contribution in [0.3, 0.4) is 0 Å². The van der Waals surface area contributed by atoms with Crippen LogP contribution in [-0.4, -0.2) is 6.54 Å². The summed E-state index contributed by atoms with van der Waals surface area (Å²) in [6.07, 6.45) is 0. The van der Waals surface area contributed by atoms with Crippen LogP contribution in [0.25, 0.3) is 0 Å². The molecule has 1 heteroatoms. The Balaban J connectivity index is 0.000000292. The molecular formula is C10H17N. The zero-order valence-electron chi connectivity index (χ0n) is 7.59. The molecule has 0 radical (unpaired) electrons. The molecule has 1 aromatic carbocycles. The van der Waals surface area contributed by atoms with Crippen LogP contribution in [0.1, 0.15) is 18.1 Å². The SMILES string of the molecule is CCN.Cc1ccc(C)cc1. The molecule has 0 aliphatic carbocycles. The normalized spacial score (nSPS) is 8.36. The average Bonchev–Trinajstić information content (AvgIpc) is 1.97. The van der Waals surface area contributed by atoms with Crippen LogP contribution in [0.2, 0.25) is 0 Å². The van der Waals surface area contributed by atoms with Crippen molar-refractivity contribution in [2.45, 2.75) is 20.8 Å². The molecule has 0 unspecified atom stereocenters. The van der Waals surface area contributed by atoms with Gasteiger partial charge in [0.05, 0.1) is 0 Å². The van der Waals surface area contributed by atoms with Crippen molar-refractivity contribution >= 4 is 0 Å². The van der Waals surface area contributed by atoms with Crippen molar-refractivity contribution in [1.29, 1.82) is 0 Å². The van der Waals surface area contributed by atoms with Crippen LogP contribution >= 0.6 is 0 Å². The number of benzene rings is 1. The molecule has 1 aromatic rings. The molecule has 1 nitrogen and oxygen atoms in total. The van der Waals surface area contributed by atoms with Gasteiger partial charge in [0, 0.05) is 0 Å². The zero-order chi connectivity index (χ0) is 8.69. The molecule has 0 aromatic heterocycles. The van der Waals surface area contributed by atoms with Gasteiger partial charge in [-0.25, -0.2) is 0 Å². The van der Waals surface area contributed by atoms with E-state index in [1.807, 2.05) is 6.92 Å². The van der Waals surface area contributed by atoms with Gasteiger partial charge >= 0.3 is 0 Å². The topological polar surface area (TPSA) is 26.0 Å². The highest BCUT2D eigenvalue weighted by molar-refractivity contribution is 5.19. The Hall–Kier alpha value is -0.820. The van der Waals surface area contributed by atoms with Gasteiger partial charge in [0.25, 0.3) is 0 Å². The van der Waals surface area contributed by atoms with Crippen LogP contribution in [0.4, 0.5) is 0 Å². The molecule has 0 aliphatic heterocycles. The molecule has 2 N–H and O–H groups in total. The molecule has 11 heavy (non-hydrogen) atoms. The molecule has 0 bridgehead atoms. The lowest BCUT2D eigenvalue weighted by molar-refractivity contribution is 1.14.